The molecule has 0 bridgehead atoms. The number of ether oxygens (including phenoxy) is 1. The molecule has 0 radical (unpaired) electrons. The van der Waals surface area contributed by atoms with Crippen LogP contribution in [0.5, 0.6) is 0 Å². The second kappa shape index (κ2) is 7.16. The summed E-state index contributed by atoms with van der Waals surface area (Å²) >= 11 is 0. The number of rotatable bonds is 6. The summed E-state index contributed by atoms with van der Waals surface area (Å²) in [5.41, 5.74) is 0.0985. The molecule has 0 amide bonds. The highest BCUT2D eigenvalue weighted by molar-refractivity contribution is 6.16. The highest BCUT2D eigenvalue weighted by Crippen LogP contribution is 2.07. The molecule has 0 aromatic rings. The zero-order valence-corrected chi connectivity index (χ0v) is 11.4. The Morgan fingerprint density at radius 1 is 1.28 bits per heavy atom. The average Bonchev–Trinajstić information content (AvgIpc) is 2.78. The molecule has 0 aliphatic carbocycles. The molecule has 0 saturated carbocycles. The number of hydrogen-bond acceptors (Lipinski definition) is 5. The van der Waals surface area contributed by atoms with Crippen molar-refractivity contribution in [3.05, 3.63) is 11.8 Å². The first kappa shape index (κ1) is 14.7. The highest BCUT2D eigenvalue weighted by atomic mass is 16.5. The van der Waals surface area contributed by atoms with Gasteiger partial charge < -0.3 is 9.64 Å². The fraction of sp³-hybridized carbons (Fsp3) is 0.692. The molecule has 0 unspecified atom stereocenters. The van der Waals surface area contributed by atoms with E-state index in [4.69, 9.17) is 4.74 Å². The van der Waals surface area contributed by atoms with Crippen LogP contribution in [-0.2, 0) is 14.3 Å². The summed E-state index contributed by atoms with van der Waals surface area (Å²) in [6.45, 7) is 4.61. The zero-order valence-electron chi connectivity index (χ0n) is 11.4. The van der Waals surface area contributed by atoms with Gasteiger partial charge in [0.25, 0.3) is 0 Å². The molecule has 1 heterocycles. The monoisotopic (exact) mass is 254 g/mol. The predicted molar refractivity (Wildman–Crippen MR) is 69.1 cm³/mol. The molecule has 0 N–H and O–H groups in total. The maximum atomic E-state index is 11.7. The highest BCUT2D eigenvalue weighted by Gasteiger charge is 2.17. The summed E-state index contributed by atoms with van der Waals surface area (Å²) in [4.78, 5) is 27.0. The third-order valence-electron chi connectivity index (χ3n) is 2.83. The molecule has 1 saturated heterocycles. The molecule has 102 valence electrons. The van der Waals surface area contributed by atoms with Crippen molar-refractivity contribution in [1.29, 1.82) is 0 Å². The van der Waals surface area contributed by atoms with Crippen LogP contribution in [0, 0.1) is 0 Å². The van der Waals surface area contributed by atoms with Crippen molar-refractivity contribution in [2.45, 2.75) is 19.8 Å². The summed E-state index contributed by atoms with van der Waals surface area (Å²) in [6, 6.07) is 0. The Balaban J connectivity index is 2.39. The van der Waals surface area contributed by atoms with E-state index in [1.807, 2.05) is 0 Å². The van der Waals surface area contributed by atoms with Gasteiger partial charge in [0.15, 0.2) is 5.78 Å². The van der Waals surface area contributed by atoms with Gasteiger partial charge in [-0.3, -0.25) is 9.69 Å². The molecule has 1 rings (SSSR count). The zero-order chi connectivity index (χ0) is 13.5. The number of carbonyl (C=O) groups is 2. The van der Waals surface area contributed by atoms with Gasteiger partial charge >= 0.3 is 5.97 Å². The van der Waals surface area contributed by atoms with Crippen LogP contribution in [0.3, 0.4) is 0 Å². The fourth-order valence-corrected chi connectivity index (χ4v) is 1.90. The van der Waals surface area contributed by atoms with Gasteiger partial charge in [-0.25, -0.2) is 4.79 Å². The number of nitrogens with zero attached hydrogens (tertiary/aromatic N) is 2. The van der Waals surface area contributed by atoms with Gasteiger partial charge in [0.2, 0.25) is 0 Å². The van der Waals surface area contributed by atoms with Crippen molar-refractivity contribution in [2.75, 3.05) is 40.3 Å². The van der Waals surface area contributed by atoms with E-state index in [1.165, 1.54) is 26.0 Å². The Hall–Kier alpha value is -1.36. The van der Waals surface area contributed by atoms with Crippen molar-refractivity contribution in [1.82, 2.24) is 9.80 Å². The van der Waals surface area contributed by atoms with Crippen LogP contribution < -0.4 is 0 Å². The SMILES string of the molecule is CC(=O)C(=CN(C)C)C(=O)OCCN1CCCC1. The molecule has 1 aliphatic rings. The summed E-state index contributed by atoms with van der Waals surface area (Å²) in [6.07, 6.45) is 3.93. The molecule has 1 aliphatic heterocycles. The van der Waals surface area contributed by atoms with Crippen molar-refractivity contribution < 1.29 is 14.3 Å². The van der Waals surface area contributed by atoms with Crippen LogP contribution in [0.4, 0.5) is 0 Å². The lowest BCUT2D eigenvalue weighted by atomic mass is 10.2. The Kier molecular flexibility index (Phi) is 5.85. The minimum Gasteiger partial charge on any atom is -0.461 e. The number of hydrogen-bond donors (Lipinski definition) is 0. The van der Waals surface area contributed by atoms with E-state index in [2.05, 4.69) is 4.90 Å². The van der Waals surface area contributed by atoms with Crippen LogP contribution in [0.25, 0.3) is 0 Å². The van der Waals surface area contributed by atoms with Gasteiger partial charge in [-0.2, -0.15) is 0 Å². The summed E-state index contributed by atoms with van der Waals surface area (Å²) < 4.78 is 5.13. The number of Topliss-reactive ketones (excluding diaryl/α,β-unsaturated/α-hetero) is 1. The number of esters is 1. The van der Waals surface area contributed by atoms with E-state index in [1.54, 1.807) is 19.0 Å². The maximum absolute atomic E-state index is 11.7. The van der Waals surface area contributed by atoms with E-state index in [0.29, 0.717) is 6.61 Å². The van der Waals surface area contributed by atoms with Crippen molar-refractivity contribution in [2.24, 2.45) is 0 Å². The predicted octanol–water partition coefficient (Wildman–Crippen LogP) is 0.660. The first-order valence-electron chi connectivity index (χ1n) is 6.29. The molecular formula is C13H22N2O3. The minimum absolute atomic E-state index is 0.0985. The van der Waals surface area contributed by atoms with Crippen molar-refractivity contribution in [3.8, 4) is 0 Å². The molecule has 5 heteroatoms. The lowest BCUT2D eigenvalue weighted by molar-refractivity contribution is -0.140. The molecule has 1 fully saturated rings. The number of carbonyl (C=O) groups excluding carboxylic acids is 2. The van der Waals surface area contributed by atoms with Gasteiger partial charge in [-0.15, -0.1) is 0 Å². The first-order valence-corrected chi connectivity index (χ1v) is 6.29. The van der Waals surface area contributed by atoms with Crippen LogP contribution in [0.1, 0.15) is 19.8 Å². The molecule has 0 aromatic heterocycles. The Morgan fingerprint density at radius 2 is 1.89 bits per heavy atom. The minimum atomic E-state index is -0.532. The normalized spacial score (nSPS) is 16.7. The van der Waals surface area contributed by atoms with Crippen LogP contribution in [0.2, 0.25) is 0 Å². The van der Waals surface area contributed by atoms with E-state index in [-0.39, 0.29) is 11.4 Å². The van der Waals surface area contributed by atoms with E-state index < -0.39 is 5.97 Å². The Labute approximate surface area is 108 Å². The topological polar surface area (TPSA) is 49.9 Å². The number of ketones is 1. The van der Waals surface area contributed by atoms with Gasteiger partial charge in [-0.05, 0) is 32.9 Å². The molecule has 0 aromatic carbocycles. The molecule has 0 atom stereocenters. The lowest BCUT2D eigenvalue weighted by Gasteiger charge is -2.15. The first-order chi connectivity index (χ1) is 8.50. The van der Waals surface area contributed by atoms with Crippen LogP contribution in [-0.4, -0.2) is 61.9 Å². The smallest absolute Gasteiger partial charge is 0.343 e. The van der Waals surface area contributed by atoms with E-state index >= 15 is 0 Å². The largest absolute Gasteiger partial charge is 0.461 e. The summed E-state index contributed by atoms with van der Waals surface area (Å²) in [5, 5.41) is 0. The third-order valence-corrected chi connectivity index (χ3v) is 2.83. The Morgan fingerprint density at radius 3 is 2.39 bits per heavy atom. The molecular weight excluding hydrogens is 232 g/mol. The summed E-state index contributed by atoms with van der Waals surface area (Å²) in [5.74, 6) is -0.801. The molecule has 0 spiro atoms. The lowest BCUT2D eigenvalue weighted by Crippen LogP contribution is -2.26. The quantitative estimate of drug-likeness (QED) is 0.302. The Bertz CT molecular complexity index is 331. The van der Waals surface area contributed by atoms with Crippen LogP contribution in [0.15, 0.2) is 11.8 Å². The average molecular weight is 254 g/mol. The van der Waals surface area contributed by atoms with Crippen molar-refractivity contribution in [3.63, 3.8) is 0 Å². The maximum Gasteiger partial charge on any atom is 0.343 e. The van der Waals surface area contributed by atoms with Crippen molar-refractivity contribution >= 4 is 11.8 Å². The van der Waals surface area contributed by atoms with E-state index in [0.717, 1.165) is 19.6 Å². The van der Waals surface area contributed by atoms with Gasteiger partial charge in [0.1, 0.15) is 12.2 Å². The summed E-state index contributed by atoms with van der Waals surface area (Å²) in [7, 11) is 3.53. The standard InChI is InChI=1S/C13H22N2O3/c1-11(16)12(10-14(2)3)13(17)18-9-8-15-6-4-5-7-15/h10H,4-9H2,1-3H3. The number of likely N-dealkylation sites (tertiary alicyclic amines) is 1. The molecule has 5 nitrogen and oxygen atoms in total. The fourth-order valence-electron chi connectivity index (χ4n) is 1.90. The van der Waals surface area contributed by atoms with Gasteiger partial charge in [-0.1, -0.05) is 0 Å². The molecule has 18 heavy (non-hydrogen) atoms. The second-order valence-corrected chi connectivity index (χ2v) is 4.75. The van der Waals surface area contributed by atoms with Gasteiger partial charge in [0.05, 0.1) is 0 Å². The third kappa shape index (κ3) is 4.87. The second-order valence-electron chi connectivity index (χ2n) is 4.75. The van der Waals surface area contributed by atoms with E-state index in [9.17, 15) is 9.59 Å². The van der Waals surface area contributed by atoms with Gasteiger partial charge in [0, 0.05) is 26.8 Å². The van der Waals surface area contributed by atoms with Crippen LogP contribution >= 0.6 is 0 Å².